The van der Waals surface area contributed by atoms with Gasteiger partial charge in [0, 0.05) is 12.1 Å². The second-order valence-corrected chi connectivity index (χ2v) is 8.05. The Labute approximate surface area is 146 Å². The van der Waals surface area contributed by atoms with Crippen molar-refractivity contribution < 1.29 is 17.6 Å². The SMILES string of the molecule is CC(NC(=O)c1cccc(N2CCCS2(=O)=O)c1)c1ccc(F)cc1. The maximum absolute atomic E-state index is 13.0. The molecular formula is C18H19FN2O3S. The van der Waals surface area contributed by atoms with Crippen LogP contribution in [0.1, 0.15) is 35.3 Å². The van der Waals surface area contributed by atoms with E-state index in [2.05, 4.69) is 5.32 Å². The Hall–Kier alpha value is -2.41. The maximum Gasteiger partial charge on any atom is 0.251 e. The number of halogens is 1. The number of amides is 1. The zero-order valence-electron chi connectivity index (χ0n) is 13.8. The predicted molar refractivity (Wildman–Crippen MR) is 94.5 cm³/mol. The van der Waals surface area contributed by atoms with Crippen LogP contribution in [0.15, 0.2) is 48.5 Å². The molecule has 1 aliphatic rings. The first-order valence-electron chi connectivity index (χ1n) is 8.03. The van der Waals surface area contributed by atoms with E-state index < -0.39 is 10.0 Å². The van der Waals surface area contributed by atoms with Crippen LogP contribution in [0.2, 0.25) is 0 Å². The summed E-state index contributed by atoms with van der Waals surface area (Å²) >= 11 is 0. The standard InChI is InChI=1S/C18H19FN2O3S/c1-13(14-6-8-16(19)9-7-14)20-18(22)15-4-2-5-17(12-15)21-10-3-11-25(21,23)24/h2,4-9,12-13H,3,10-11H2,1H3,(H,20,22). The fourth-order valence-electron chi connectivity index (χ4n) is 2.85. The number of carbonyl (C=O) groups excluding carboxylic acids is 1. The quantitative estimate of drug-likeness (QED) is 0.909. The van der Waals surface area contributed by atoms with Gasteiger partial charge in [-0.25, -0.2) is 12.8 Å². The van der Waals surface area contributed by atoms with Gasteiger partial charge in [-0.2, -0.15) is 0 Å². The molecule has 1 heterocycles. The molecule has 7 heteroatoms. The van der Waals surface area contributed by atoms with Crippen molar-refractivity contribution in [3.05, 3.63) is 65.5 Å². The van der Waals surface area contributed by atoms with Crippen LogP contribution in [0.3, 0.4) is 0 Å². The van der Waals surface area contributed by atoms with E-state index in [-0.39, 0.29) is 23.5 Å². The van der Waals surface area contributed by atoms with Crippen LogP contribution in [-0.4, -0.2) is 26.6 Å². The topological polar surface area (TPSA) is 66.5 Å². The lowest BCUT2D eigenvalue weighted by molar-refractivity contribution is 0.0940. The molecule has 0 aromatic heterocycles. The third-order valence-electron chi connectivity index (χ3n) is 4.21. The second-order valence-electron chi connectivity index (χ2n) is 6.04. The van der Waals surface area contributed by atoms with Gasteiger partial charge in [0.15, 0.2) is 0 Å². The molecule has 1 unspecified atom stereocenters. The third-order valence-corrected chi connectivity index (χ3v) is 6.08. The molecular weight excluding hydrogens is 343 g/mol. The Balaban J connectivity index is 1.76. The molecule has 1 saturated heterocycles. The average molecular weight is 362 g/mol. The minimum absolute atomic E-state index is 0.130. The highest BCUT2D eigenvalue weighted by atomic mass is 32.2. The van der Waals surface area contributed by atoms with Crippen molar-refractivity contribution in [2.45, 2.75) is 19.4 Å². The molecule has 132 valence electrons. The summed E-state index contributed by atoms with van der Waals surface area (Å²) < 4.78 is 38.4. The van der Waals surface area contributed by atoms with E-state index in [0.717, 1.165) is 5.56 Å². The molecule has 0 radical (unpaired) electrons. The Morgan fingerprint density at radius 1 is 1.20 bits per heavy atom. The summed E-state index contributed by atoms with van der Waals surface area (Å²) in [5.74, 6) is -0.512. The average Bonchev–Trinajstić information content (AvgIpc) is 2.94. The van der Waals surface area contributed by atoms with Gasteiger partial charge in [-0.15, -0.1) is 0 Å². The predicted octanol–water partition coefficient (Wildman–Crippen LogP) is 2.86. The fourth-order valence-corrected chi connectivity index (χ4v) is 4.40. The van der Waals surface area contributed by atoms with Gasteiger partial charge >= 0.3 is 0 Å². The Morgan fingerprint density at radius 2 is 1.92 bits per heavy atom. The molecule has 25 heavy (non-hydrogen) atoms. The summed E-state index contributed by atoms with van der Waals surface area (Å²) in [7, 11) is -3.29. The molecule has 1 fully saturated rings. The van der Waals surface area contributed by atoms with E-state index in [4.69, 9.17) is 0 Å². The van der Waals surface area contributed by atoms with Gasteiger partial charge in [-0.3, -0.25) is 9.10 Å². The third kappa shape index (κ3) is 3.82. The number of benzene rings is 2. The van der Waals surface area contributed by atoms with Crippen LogP contribution < -0.4 is 9.62 Å². The van der Waals surface area contributed by atoms with Crippen molar-refractivity contribution in [2.24, 2.45) is 0 Å². The van der Waals surface area contributed by atoms with Gasteiger partial charge in [0.1, 0.15) is 5.82 Å². The number of hydrogen-bond donors (Lipinski definition) is 1. The molecule has 0 bridgehead atoms. The first-order chi connectivity index (χ1) is 11.9. The Morgan fingerprint density at radius 3 is 2.56 bits per heavy atom. The minimum atomic E-state index is -3.29. The van der Waals surface area contributed by atoms with Crippen molar-refractivity contribution in [3.8, 4) is 0 Å². The van der Waals surface area contributed by atoms with E-state index in [1.54, 1.807) is 43.3 Å². The van der Waals surface area contributed by atoms with E-state index in [0.29, 0.717) is 24.2 Å². The van der Waals surface area contributed by atoms with Gasteiger partial charge in [0.2, 0.25) is 10.0 Å². The second kappa shape index (κ2) is 6.84. The zero-order chi connectivity index (χ0) is 18.0. The number of nitrogens with one attached hydrogen (secondary N) is 1. The van der Waals surface area contributed by atoms with E-state index >= 15 is 0 Å². The van der Waals surface area contributed by atoms with Crippen molar-refractivity contribution >= 4 is 21.6 Å². The summed E-state index contributed by atoms with van der Waals surface area (Å²) in [5, 5.41) is 2.84. The molecule has 2 aromatic rings. The molecule has 1 N–H and O–H groups in total. The summed E-state index contributed by atoms with van der Waals surface area (Å²) in [6.07, 6.45) is 0.584. The van der Waals surface area contributed by atoms with E-state index in [1.807, 2.05) is 0 Å². The number of sulfonamides is 1. The highest BCUT2D eigenvalue weighted by molar-refractivity contribution is 7.93. The lowest BCUT2D eigenvalue weighted by Crippen LogP contribution is -2.28. The van der Waals surface area contributed by atoms with Crippen molar-refractivity contribution in [1.29, 1.82) is 0 Å². The van der Waals surface area contributed by atoms with E-state index in [9.17, 15) is 17.6 Å². The number of anilines is 1. The number of hydrogen-bond acceptors (Lipinski definition) is 3. The summed E-state index contributed by atoms with van der Waals surface area (Å²) in [6.45, 7) is 2.24. The monoisotopic (exact) mass is 362 g/mol. The van der Waals surface area contributed by atoms with Crippen LogP contribution in [0.5, 0.6) is 0 Å². The molecule has 0 spiro atoms. The fraction of sp³-hybridized carbons (Fsp3) is 0.278. The molecule has 2 aromatic carbocycles. The number of carbonyl (C=O) groups is 1. The molecule has 3 rings (SSSR count). The smallest absolute Gasteiger partial charge is 0.251 e. The van der Waals surface area contributed by atoms with Gasteiger partial charge in [-0.05, 0) is 49.2 Å². The van der Waals surface area contributed by atoms with Crippen LogP contribution >= 0.6 is 0 Å². The largest absolute Gasteiger partial charge is 0.346 e. The summed E-state index contributed by atoms with van der Waals surface area (Å²) in [6, 6.07) is 12.2. The van der Waals surface area contributed by atoms with Gasteiger partial charge in [0.05, 0.1) is 17.5 Å². The zero-order valence-corrected chi connectivity index (χ0v) is 14.6. The minimum Gasteiger partial charge on any atom is -0.346 e. The van der Waals surface area contributed by atoms with Crippen LogP contribution in [0.25, 0.3) is 0 Å². The van der Waals surface area contributed by atoms with Crippen LogP contribution in [-0.2, 0) is 10.0 Å². The highest BCUT2D eigenvalue weighted by Crippen LogP contribution is 2.25. The van der Waals surface area contributed by atoms with E-state index in [1.165, 1.54) is 16.4 Å². The first-order valence-corrected chi connectivity index (χ1v) is 9.64. The van der Waals surface area contributed by atoms with Crippen molar-refractivity contribution in [3.63, 3.8) is 0 Å². The lowest BCUT2D eigenvalue weighted by Gasteiger charge is -2.18. The number of rotatable bonds is 4. The first kappa shape index (κ1) is 17.4. The van der Waals surface area contributed by atoms with Gasteiger partial charge in [0.25, 0.3) is 5.91 Å². The Kier molecular flexibility index (Phi) is 4.76. The molecule has 5 nitrogen and oxygen atoms in total. The molecule has 1 amide bonds. The van der Waals surface area contributed by atoms with Gasteiger partial charge in [-0.1, -0.05) is 18.2 Å². The molecule has 1 aliphatic heterocycles. The highest BCUT2D eigenvalue weighted by Gasteiger charge is 2.28. The lowest BCUT2D eigenvalue weighted by atomic mass is 10.1. The Bertz CT molecular complexity index is 881. The van der Waals surface area contributed by atoms with Crippen LogP contribution in [0.4, 0.5) is 10.1 Å². The normalized spacial score (nSPS) is 17.3. The molecule has 0 saturated carbocycles. The maximum atomic E-state index is 13.0. The molecule has 1 atom stereocenters. The van der Waals surface area contributed by atoms with Crippen LogP contribution in [0, 0.1) is 5.82 Å². The summed E-state index contributed by atoms with van der Waals surface area (Å²) in [5.41, 5.74) is 1.67. The van der Waals surface area contributed by atoms with Crippen molar-refractivity contribution in [2.75, 3.05) is 16.6 Å². The van der Waals surface area contributed by atoms with Gasteiger partial charge < -0.3 is 5.32 Å². The van der Waals surface area contributed by atoms with Crippen molar-refractivity contribution in [1.82, 2.24) is 5.32 Å². The summed E-state index contributed by atoms with van der Waals surface area (Å²) in [4.78, 5) is 12.5. The number of nitrogens with zero attached hydrogens (tertiary/aromatic N) is 1. The molecule has 0 aliphatic carbocycles.